The van der Waals surface area contributed by atoms with Crippen molar-refractivity contribution in [3.05, 3.63) is 0 Å². The molecule has 15 heavy (non-hydrogen) atoms. The van der Waals surface area contributed by atoms with Crippen molar-refractivity contribution in [2.75, 3.05) is 19.6 Å². The van der Waals surface area contributed by atoms with E-state index in [4.69, 9.17) is 0 Å². The zero-order valence-electron chi connectivity index (χ0n) is 11.1. The van der Waals surface area contributed by atoms with Gasteiger partial charge in [0.1, 0.15) is 0 Å². The second-order valence-corrected chi connectivity index (χ2v) is 5.63. The summed E-state index contributed by atoms with van der Waals surface area (Å²) in [6, 6.07) is 0.689. The highest BCUT2D eigenvalue weighted by atomic mass is 15.3. The van der Waals surface area contributed by atoms with E-state index in [9.17, 15) is 0 Å². The third kappa shape index (κ3) is 3.18. The molecule has 0 bridgehead atoms. The largest absolute Gasteiger partial charge is 0.311 e. The molecule has 0 amide bonds. The summed E-state index contributed by atoms with van der Waals surface area (Å²) in [4.78, 5) is 2.65. The van der Waals surface area contributed by atoms with Crippen LogP contribution >= 0.6 is 0 Å². The molecule has 1 aliphatic rings. The van der Waals surface area contributed by atoms with Crippen LogP contribution in [0.3, 0.4) is 0 Å². The molecule has 1 N–H and O–H groups in total. The van der Waals surface area contributed by atoms with Crippen molar-refractivity contribution in [3.8, 4) is 0 Å². The lowest BCUT2D eigenvalue weighted by Gasteiger charge is -2.47. The number of hydrogen-bond donors (Lipinski definition) is 1. The van der Waals surface area contributed by atoms with Crippen LogP contribution in [0.15, 0.2) is 0 Å². The quantitative estimate of drug-likeness (QED) is 0.770. The van der Waals surface area contributed by atoms with Crippen LogP contribution in [-0.4, -0.2) is 36.1 Å². The van der Waals surface area contributed by atoms with Gasteiger partial charge in [-0.15, -0.1) is 0 Å². The average Bonchev–Trinajstić information content (AvgIpc) is 2.20. The van der Waals surface area contributed by atoms with Gasteiger partial charge in [-0.1, -0.05) is 27.2 Å². The van der Waals surface area contributed by atoms with E-state index in [0.29, 0.717) is 11.6 Å². The fraction of sp³-hybridized carbons (Fsp3) is 1.00. The van der Waals surface area contributed by atoms with Gasteiger partial charge in [-0.2, -0.15) is 0 Å². The van der Waals surface area contributed by atoms with Gasteiger partial charge in [-0.05, 0) is 32.7 Å². The molecule has 1 saturated heterocycles. The standard InChI is InChI=1S/C13H28N2/c1-6-8-15-9-12(11(3)7-2)14-10-13(15,4)5/h11-12,14H,6-10H2,1-5H3. The fourth-order valence-corrected chi connectivity index (χ4v) is 2.37. The molecule has 1 rings (SSSR count). The monoisotopic (exact) mass is 212 g/mol. The molecule has 0 aromatic rings. The van der Waals surface area contributed by atoms with Gasteiger partial charge in [0.2, 0.25) is 0 Å². The fourth-order valence-electron chi connectivity index (χ4n) is 2.37. The van der Waals surface area contributed by atoms with Gasteiger partial charge in [-0.25, -0.2) is 0 Å². The number of piperazine rings is 1. The third-order valence-corrected chi connectivity index (χ3v) is 3.89. The molecule has 0 spiro atoms. The molecule has 2 heteroatoms. The second-order valence-electron chi connectivity index (χ2n) is 5.63. The zero-order valence-corrected chi connectivity index (χ0v) is 11.1. The smallest absolute Gasteiger partial charge is 0.0278 e. The van der Waals surface area contributed by atoms with Crippen LogP contribution in [0, 0.1) is 5.92 Å². The van der Waals surface area contributed by atoms with Gasteiger partial charge in [0.15, 0.2) is 0 Å². The van der Waals surface area contributed by atoms with Gasteiger partial charge in [0.05, 0.1) is 0 Å². The highest BCUT2D eigenvalue weighted by Gasteiger charge is 2.34. The number of rotatable bonds is 4. The Bertz CT molecular complexity index is 189. The SMILES string of the molecule is CCCN1CC(C(C)CC)NCC1(C)C. The van der Waals surface area contributed by atoms with E-state index in [1.807, 2.05) is 0 Å². The second kappa shape index (κ2) is 5.31. The van der Waals surface area contributed by atoms with Gasteiger partial charge < -0.3 is 5.32 Å². The molecule has 0 radical (unpaired) electrons. The first-order chi connectivity index (χ1) is 7.01. The first-order valence-corrected chi connectivity index (χ1v) is 6.49. The summed E-state index contributed by atoms with van der Waals surface area (Å²) in [5.74, 6) is 0.792. The molecule has 0 aliphatic carbocycles. The van der Waals surface area contributed by atoms with Crippen molar-refractivity contribution in [1.82, 2.24) is 10.2 Å². The number of hydrogen-bond acceptors (Lipinski definition) is 2. The first kappa shape index (κ1) is 13.0. The molecule has 0 aromatic carbocycles. The van der Waals surface area contributed by atoms with Gasteiger partial charge in [0, 0.05) is 24.7 Å². The van der Waals surface area contributed by atoms with E-state index in [1.54, 1.807) is 0 Å². The van der Waals surface area contributed by atoms with E-state index >= 15 is 0 Å². The maximum Gasteiger partial charge on any atom is 0.0278 e. The van der Waals surface area contributed by atoms with Crippen molar-refractivity contribution in [3.63, 3.8) is 0 Å². The minimum atomic E-state index is 0.333. The Balaban J connectivity index is 2.58. The molecular weight excluding hydrogens is 184 g/mol. The Kier molecular flexibility index (Phi) is 4.60. The predicted molar refractivity (Wildman–Crippen MR) is 67.2 cm³/mol. The van der Waals surface area contributed by atoms with Crippen LogP contribution in [0.1, 0.15) is 47.5 Å². The summed E-state index contributed by atoms with van der Waals surface area (Å²) in [5, 5.41) is 3.71. The van der Waals surface area contributed by atoms with Crippen LogP contribution < -0.4 is 5.32 Å². The summed E-state index contributed by atoms with van der Waals surface area (Å²) >= 11 is 0. The van der Waals surface area contributed by atoms with E-state index in [1.165, 1.54) is 25.9 Å². The number of nitrogens with zero attached hydrogens (tertiary/aromatic N) is 1. The molecule has 0 aromatic heterocycles. The molecule has 0 saturated carbocycles. The highest BCUT2D eigenvalue weighted by Crippen LogP contribution is 2.22. The topological polar surface area (TPSA) is 15.3 Å². The lowest BCUT2D eigenvalue weighted by Crippen LogP contribution is -2.63. The van der Waals surface area contributed by atoms with Gasteiger partial charge in [0.25, 0.3) is 0 Å². The van der Waals surface area contributed by atoms with Crippen molar-refractivity contribution < 1.29 is 0 Å². The van der Waals surface area contributed by atoms with E-state index in [0.717, 1.165) is 12.5 Å². The van der Waals surface area contributed by atoms with Gasteiger partial charge in [-0.3, -0.25) is 4.90 Å². The van der Waals surface area contributed by atoms with Crippen LogP contribution in [0.25, 0.3) is 0 Å². The minimum absolute atomic E-state index is 0.333. The molecule has 2 nitrogen and oxygen atoms in total. The van der Waals surface area contributed by atoms with Crippen LogP contribution in [-0.2, 0) is 0 Å². The summed E-state index contributed by atoms with van der Waals surface area (Å²) in [7, 11) is 0. The Hall–Kier alpha value is -0.0800. The van der Waals surface area contributed by atoms with Crippen LogP contribution in [0.4, 0.5) is 0 Å². The molecule has 2 atom stereocenters. The molecular formula is C13H28N2. The number of nitrogens with one attached hydrogen (secondary N) is 1. The Morgan fingerprint density at radius 2 is 2.07 bits per heavy atom. The van der Waals surface area contributed by atoms with Crippen LogP contribution in [0.5, 0.6) is 0 Å². The zero-order chi connectivity index (χ0) is 11.5. The predicted octanol–water partition coefficient (Wildman–Crippen LogP) is 2.49. The van der Waals surface area contributed by atoms with Gasteiger partial charge >= 0.3 is 0 Å². The van der Waals surface area contributed by atoms with E-state index in [2.05, 4.69) is 44.8 Å². The highest BCUT2D eigenvalue weighted by molar-refractivity contribution is 4.93. The Labute approximate surface area is 95.4 Å². The van der Waals surface area contributed by atoms with E-state index in [-0.39, 0.29) is 0 Å². The minimum Gasteiger partial charge on any atom is -0.311 e. The molecule has 2 unspecified atom stereocenters. The summed E-state index contributed by atoms with van der Waals surface area (Å²) in [5.41, 5.74) is 0.333. The molecule has 1 heterocycles. The maximum atomic E-state index is 3.71. The van der Waals surface area contributed by atoms with E-state index < -0.39 is 0 Å². The summed E-state index contributed by atoms with van der Waals surface area (Å²) < 4.78 is 0. The summed E-state index contributed by atoms with van der Waals surface area (Å²) in [6.45, 7) is 15.2. The van der Waals surface area contributed by atoms with Crippen LogP contribution in [0.2, 0.25) is 0 Å². The first-order valence-electron chi connectivity index (χ1n) is 6.49. The van der Waals surface area contributed by atoms with Crippen molar-refractivity contribution in [2.45, 2.75) is 59.0 Å². The normalized spacial score (nSPS) is 29.0. The molecule has 1 aliphatic heterocycles. The van der Waals surface area contributed by atoms with Crippen molar-refractivity contribution in [1.29, 1.82) is 0 Å². The lowest BCUT2D eigenvalue weighted by molar-refractivity contribution is 0.0521. The average molecular weight is 212 g/mol. The lowest BCUT2D eigenvalue weighted by atomic mass is 9.91. The maximum absolute atomic E-state index is 3.71. The third-order valence-electron chi connectivity index (χ3n) is 3.89. The Morgan fingerprint density at radius 1 is 1.40 bits per heavy atom. The Morgan fingerprint density at radius 3 is 2.60 bits per heavy atom. The molecule has 90 valence electrons. The van der Waals surface area contributed by atoms with Crippen molar-refractivity contribution in [2.24, 2.45) is 5.92 Å². The summed E-state index contributed by atoms with van der Waals surface area (Å²) in [6.07, 6.45) is 2.54. The molecule has 1 fully saturated rings. The van der Waals surface area contributed by atoms with Crippen molar-refractivity contribution >= 4 is 0 Å².